The molecule has 1 N–H and O–H groups in total. The van der Waals surface area contributed by atoms with Gasteiger partial charge in [-0.25, -0.2) is 22.3 Å². The van der Waals surface area contributed by atoms with Gasteiger partial charge in [0.05, 0.1) is 15.5 Å². The normalized spacial score (nSPS) is 11.2. The second-order valence-electron chi connectivity index (χ2n) is 4.97. The van der Waals surface area contributed by atoms with Crippen LogP contribution >= 0.6 is 23.2 Å². The number of carbonyl (C=O) groups is 2. The minimum atomic E-state index is -3.88. The molecule has 6 nitrogen and oxygen atoms in total. The summed E-state index contributed by atoms with van der Waals surface area (Å²) < 4.78 is 44.1. The van der Waals surface area contributed by atoms with E-state index in [2.05, 4.69) is 0 Å². The fraction of sp³-hybridized carbons (Fsp3) is 0.125. The van der Waals surface area contributed by atoms with Crippen LogP contribution in [0, 0.1) is 5.82 Å². The Morgan fingerprint density at radius 1 is 1.12 bits per heavy atom. The number of sulfonamides is 1. The van der Waals surface area contributed by atoms with Gasteiger partial charge < -0.3 is 4.74 Å². The summed E-state index contributed by atoms with van der Waals surface area (Å²) in [5, 5.41) is 0.403. The Labute approximate surface area is 158 Å². The number of hydrogen-bond donors (Lipinski definition) is 1. The molecular weight excluding hydrogens is 408 g/mol. The lowest BCUT2D eigenvalue weighted by molar-refractivity contribution is 0.0470. The van der Waals surface area contributed by atoms with Crippen molar-refractivity contribution in [1.82, 2.24) is 4.72 Å². The Morgan fingerprint density at radius 2 is 1.81 bits per heavy atom. The highest BCUT2D eigenvalue weighted by Crippen LogP contribution is 2.22. The molecule has 138 valence electrons. The Balaban J connectivity index is 2.17. The molecule has 0 saturated heterocycles. The molecule has 0 radical (unpaired) electrons. The van der Waals surface area contributed by atoms with E-state index in [1.165, 1.54) is 25.2 Å². The molecule has 2 rings (SSSR count). The monoisotopic (exact) mass is 419 g/mol. The van der Waals surface area contributed by atoms with E-state index >= 15 is 0 Å². The van der Waals surface area contributed by atoms with Crippen LogP contribution in [-0.4, -0.2) is 33.8 Å². The summed E-state index contributed by atoms with van der Waals surface area (Å²) in [5.41, 5.74) is -0.535. The lowest BCUT2D eigenvalue weighted by Crippen LogP contribution is -2.20. The molecule has 0 aliphatic carbocycles. The number of hydrogen-bond acceptors (Lipinski definition) is 5. The van der Waals surface area contributed by atoms with Gasteiger partial charge in [0, 0.05) is 10.6 Å². The molecule has 0 fully saturated rings. The Kier molecular flexibility index (Phi) is 6.35. The fourth-order valence-corrected chi connectivity index (χ4v) is 3.22. The number of nitrogens with one attached hydrogen (secondary N) is 1. The standard InChI is InChI=1S/C16H12Cl2FNO5S/c1-20-26(23,24)10-3-5-14(19)12(7-10)16(22)25-8-15(21)11-4-2-9(17)6-13(11)18/h2-7,20H,8H2,1H3. The predicted molar refractivity (Wildman–Crippen MR) is 93.7 cm³/mol. The molecule has 0 spiro atoms. The van der Waals surface area contributed by atoms with E-state index < -0.39 is 39.8 Å². The highest BCUT2D eigenvalue weighted by molar-refractivity contribution is 7.89. The average molecular weight is 420 g/mol. The summed E-state index contributed by atoms with van der Waals surface area (Å²) in [6.45, 7) is -0.706. The van der Waals surface area contributed by atoms with Crippen LogP contribution in [0.1, 0.15) is 20.7 Å². The molecule has 26 heavy (non-hydrogen) atoms. The number of ketones is 1. The zero-order valence-corrected chi connectivity index (χ0v) is 15.6. The van der Waals surface area contributed by atoms with Crippen LogP contribution in [0.4, 0.5) is 4.39 Å². The van der Waals surface area contributed by atoms with Gasteiger partial charge in [0.15, 0.2) is 6.61 Å². The summed E-state index contributed by atoms with van der Waals surface area (Å²) in [6, 6.07) is 6.79. The minimum Gasteiger partial charge on any atom is -0.454 e. The van der Waals surface area contributed by atoms with E-state index in [0.717, 1.165) is 18.2 Å². The summed E-state index contributed by atoms with van der Waals surface area (Å²) >= 11 is 11.6. The predicted octanol–water partition coefficient (Wildman–Crippen LogP) is 3.08. The van der Waals surface area contributed by atoms with Gasteiger partial charge in [-0.3, -0.25) is 4.79 Å². The Hall–Kier alpha value is -2.00. The van der Waals surface area contributed by atoms with Crippen molar-refractivity contribution >= 4 is 45.0 Å². The first-order valence-corrected chi connectivity index (χ1v) is 9.28. The quantitative estimate of drug-likeness (QED) is 0.573. The fourth-order valence-electron chi connectivity index (χ4n) is 1.95. The zero-order valence-electron chi connectivity index (χ0n) is 13.3. The van der Waals surface area contributed by atoms with Crippen molar-refractivity contribution in [2.45, 2.75) is 4.90 Å². The smallest absolute Gasteiger partial charge is 0.341 e. The van der Waals surface area contributed by atoms with Gasteiger partial charge in [0.2, 0.25) is 15.8 Å². The molecule has 10 heteroatoms. The van der Waals surface area contributed by atoms with Crippen molar-refractivity contribution in [3.05, 3.63) is 63.4 Å². The molecule has 2 aromatic carbocycles. The highest BCUT2D eigenvalue weighted by atomic mass is 35.5. The first kappa shape index (κ1) is 20.3. The van der Waals surface area contributed by atoms with Crippen molar-refractivity contribution in [1.29, 1.82) is 0 Å². The second kappa shape index (κ2) is 8.13. The summed E-state index contributed by atoms with van der Waals surface area (Å²) in [7, 11) is -2.70. The van der Waals surface area contributed by atoms with Gasteiger partial charge in [0.25, 0.3) is 0 Å². The van der Waals surface area contributed by atoms with Crippen LogP contribution in [0.3, 0.4) is 0 Å². The van der Waals surface area contributed by atoms with Gasteiger partial charge in [-0.1, -0.05) is 23.2 Å². The third kappa shape index (κ3) is 4.59. The van der Waals surface area contributed by atoms with Crippen molar-refractivity contribution in [3.63, 3.8) is 0 Å². The summed E-state index contributed by atoms with van der Waals surface area (Å²) in [5.74, 6) is -2.80. The largest absolute Gasteiger partial charge is 0.454 e. The first-order valence-electron chi connectivity index (χ1n) is 7.04. The number of ether oxygens (including phenoxy) is 1. The number of rotatable bonds is 6. The number of carbonyl (C=O) groups excluding carboxylic acids is 2. The molecule has 2 aromatic rings. The third-order valence-corrected chi connectivity index (χ3v) is 5.26. The van der Waals surface area contributed by atoms with Crippen molar-refractivity contribution < 1.29 is 27.1 Å². The van der Waals surface area contributed by atoms with Gasteiger partial charge in [-0.15, -0.1) is 0 Å². The van der Waals surface area contributed by atoms with E-state index in [4.69, 9.17) is 27.9 Å². The van der Waals surface area contributed by atoms with Gasteiger partial charge >= 0.3 is 5.97 Å². The van der Waals surface area contributed by atoms with Gasteiger partial charge in [-0.05, 0) is 43.4 Å². The van der Waals surface area contributed by atoms with Crippen LogP contribution in [0.2, 0.25) is 10.0 Å². The molecule has 0 aromatic heterocycles. The average Bonchev–Trinajstić information content (AvgIpc) is 2.59. The molecule has 0 saturated carbocycles. The van der Waals surface area contributed by atoms with Crippen LogP contribution < -0.4 is 4.72 Å². The van der Waals surface area contributed by atoms with Crippen molar-refractivity contribution in [2.24, 2.45) is 0 Å². The molecule has 0 heterocycles. The van der Waals surface area contributed by atoms with Crippen LogP contribution in [-0.2, 0) is 14.8 Å². The molecule has 0 aliphatic heterocycles. The van der Waals surface area contributed by atoms with E-state index in [0.29, 0.717) is 5.02 Å². The molecule has 0 aliphatic rings. The number of halogens is 3. The third-order valence-electron chi connectivity index (χ3n) is 3.30. The van der Waals surface area contributed by atoms with Crippen LogP contribution in [0.15, 0.2) is 41.3 Å². The number of Topliss-reactive ketones (excluding diaryl/α,β-unsaturated/α-hetero) is 1. The Bertz CT molecular complexity index is 979. The van der Waals surface area contributed by atoms with E-state index in [1.807, 2.05) is 4.72 Å². The lowest BCUT2D eigenvalue weighted by Gasteiger charge is -2.08. The SMILES string of the molecule is CNS(=O)(=O)c1ccc(F)c(C(=O)OCC(=O)c2ccc(Cl)cc2Cl)c1. The lowest BCUT2D eigenvalue weighted by atomic mass is 10.1. The van der Waals surface area contributed by atoms with E-state index in [9.17, 15) is 22.4 Å². The van der Waals surface area contributed by atoms with E-state index in [-0.39, 0.29) is 15.5 Å². The van der Waals surface area contributed by atoms with Gasteiger partial charge in [0.1, 0.15) is 5.82 Å². The number of esters is 1. The Morgan fingerprint density at radius 3 is 2.42 bits per heavy atom. The topological polar surface area (TPSA) is 89.5 Å². The van der Waals surface area contributed by atoms with Crippen molar-refractivity contribution in [3.8, 4) is 0 Å². The second-order valence-corrected chi connectivity index (χ2v) is 7.70. The maximum atomic E-state index is 13.8. The molecule has 0 amide bonds. The first-order chi connectivity index (χ1) is 12.2. The van der Waals surface area contributed by atoms with Gasteiger partial charge in [-0.2, -0.15) is 0 Å². The molecular formula is C16H12Cl2FNO5S. The highest BCUT2D eigenvalue weighted by Gasteiger charge is 2.21. The zero-order chi connectivity index (χ0) is 19.5. The maximum Gasteiger partial charge on any atom is 0.341 e. The summed E-state index contributed by atoms with van der Waals surface area (Å²) in [6.07, 6.45) is 0. The molecule has 0 unspecified atom stereocenters. The van der Waals surface area contributed by atoms with E-state index in [1.54, 1.807) is 0 Å². The number of benzene rings is 2. The summed E-state index contributed by atoms with van der Waals surface area (Å²) in [4.78, 5) is 23.8. The maximum absolute atomic E-state index is 13.8. The van der Waals surface area contributed by atoms with Crippen LogP contribution in [0.25, 0.3) is 0 Å². The minimum absolute atomic E-state index is 0.0758. The van der Waals surface area contributed by atoms with Crippen LogP contribution in [0.5, 0.6) is 0 Å². The molecule has 0 atom stereocenters. The van der Waals surface area contributed by atoms with Crippen molar-refractivity contribution in [2.75, 3.05) is 13.7 Å². The molecule has 0 bridgehead atoms.